The maximum Gasteiger partial charge on any atom is 0.306 e. The molecule has 0 fully saturated rings. The molecule has 1 unspecified atom stereocenters. The van der Waals surface area contributed by atoms with Crippen molar-refractivity contribution in [1.82, 2.24) is 0 Å². The minimum atomic E-state index is -0.788. The highest BCUT2D eigenvalue weighted by Crippen LogP contribution is 2.14. The van der Waals surface area contributed by atoms with Gasteiger partial charge in [-0.15, -0.1) is 0 Å². The van der Waals surface area contributed by atoms with Crippen LogP contribution in [0.15, 0.2) is 60.8 Å². The van der Waals surface area contributed by atoms with E-state index in [0.717, 1.165) is 96.3 Å². The van der Waals surface area contributed by atoms with Crippen LogP contribution in [0.3, 0.4) is 0 Å². The Labute approximate surface area is 370 Å². The summed E-state index contributed by atoms with van der Waals surface area (Å²) in [4.78, 5) is 37.9. The van der Waals surface area contributed by atoms with Crippen LogP contribution in [0.5, 0.6) is 0 Å². The van der Waals surface area contributed by atoms with Gasteiger partial charge in [0.15, 0.2) is 6.10 Å². The standard InChI is InChI=1S/C54H94O6/c1-4-7-10-13-16-19-22-24-26-27-28-29-31-32-35-38-41-44-47-53(56)59-50-51(49-58-52(55)46-43-40-37-34-21-18-15-12-9-6-3)60-54(57)48-45-42-39-36-33-30-25-23-20-17-14-11-8-5-2/h16,19,22,24,26-30,33,51H,4-15,17-18,20-21,23,25,31-32,34-50H2,1-3H3/b19-16-,24-22-,27-26-,29-28-,33-30-. The summed E-state index contributed by atoms with van der Waals surface area (Å²) in [5.74, 6) is -0.925. The molecule has 0 aromatic heterocycles. The summed E-state index contributed by atoms with van der Waals surface area (Å²) in [6, 6.07) is 0. The van der Waals surface area contributed by atoms with Crippen molar-refractivity contribution < 1.29 is 28.6 Å². The highest BCUT2D eigenvalue weighted by atomic mass is 16.6. The lowest BCUT2D eigenvalue weighted by Gasteiger charge is -2.18. The van der Waals surface area contributed by atoms with Crippen LogP contribution < -0.4 is 0 Å². The predicted octanol–water partition coefficient (Wildman–Crippen LogP) is 16.5. The molecule has 346 valence electrons. The summed E-state index contributed by atoms with van der Waals surface area (Å²) >= 11 is 0. The van der Waals surface area contributed by atoms with E-state index >= 15 is 0 Å². The first kappa shape index (κ1) is 57.1. The number of ether oxygens (including phenoxy) is 3. The third-order valence-electron chi connectivity index (χ3n) is 10.8. The molecular weight excluding hydrogens is 745 g/mol. The van der Waals surface area contributed by atoms with Gasteiger partial charge in [-0.05, 0) is 70.6 Å². The number of hydrogen-bond donors (Lipinski definition) is 0. The molecule has 0 amide bonds. The van der Waals surface area contributed by atoms with Gasteiger partial charge in [-0.3, -0.25) is 14.4 Å². The van der Waals surface area contributed by atoms with Gasteiger partial charge in [0.2, 0.25) is 0 Å². The molecule has 0 heterocycles. The lowest BCUT2D eigenvalue weighted by molar-refractivity contribution is -0.167. The van der Waals surface area contributed by atoms with E-state index < -0.39 is 6.10 Å². The van der Waals surface area contributed by atoms with Crippen molar-refractivity contribution in [3.8, 4) is 0 Å². The summed E-state index contributed by atoms with van der Waals surface area (Å²) in [6.07, 6.45) is 59.1. The van der Waals surface area contributed by atoms with Gasteiger partial charge in [0.05, 0.1) is 0 Å². The Morgan fingerprint density at radius 1 is 0.333 bits per heavy atom. The number of carbonyl (C=O) groups excluding carboxylic acids is 3. The predicted molar refractivity (Wildman–Crippen MR) is 256 cm³/mol. The second-order valence-electron chi connectivity index (χ2n) is 16.8. The molecule has 6 nitrogen and oxygen atoms in total. The van der Waals surface area contributed by atoms with Crippen molar-refractivity contribution >= 4 is 17.9 Å². The van der Waals surface area contributed by atoms with Gasteiger partial charge in [0.1, 0.15) is 13.2 Å². The third-order valence-corrected chi connectivity index (χ3v) is 10.8. The van der Waals surface area contributed by atoms with Gasteiger partial charge in [0, 0.05) is 19.3 Å². The Balaban J connectivity index is 4.42. The Hall–Kier alpha value is -2.89. The summed E-state index contributed by atoms with van der Waals surface area (Å²) in [7, 11) is 0. The number of allylic oxidation sites excluding steroid dienone is 10. The molecule has 6 heteroatoms. The molecule has 0 aliphatic heterocycles. The topological polar surface area (TPSA) is 78.9 Å². The second-order valence-corrected chi connectivity index (χ2v) is 16.8. The fourth-order valence-electron chi connectivity index (χ4n) is 6.98. The molecule has 0 bridgehead atoms. The van der Waals surface area contributed by atoms with Crippen molar-refractivity contribution in [2.45, 2.75) is 252 Å². The number of unbranched alkanes of at least 4 members (excludes halogenated alkanes) is 27. The zero-order valence-corrected chi connectivity index (χ0v) is 39.5. The number of rotatable bonds is 45. The average molecular weight is 839 g/mol. The molecule has 1 atom stereocenters. The van der Waals surface area contributed by atoms with Gasteiger partial charge in [-0.1, -0.05) is 216 Å². The monoisotopic (exact) mass is 839 g/mol. The molecule has 0 saturated carbocycles. The Bertz CT molecular complexity index is 1100. The molecular formula is C54H94O6. The van der Waals surface area contributed by atoms with E-state index in [1.54, 1.807) is 0 Å². The van der Waals surface area contributed by atoms with Crippen LogP contribution in [-0.4, -0.2) is 37.2 Å². The molecule has 0 spiro atoms. The van der Waals surface area contributed by atoms with E-state index in [2.05, 4.69) is 81.5 Å². The largest absolute Gasteiger partial charge is 0.462 e. The van der Waals surface area contributed by atoms with Crippen molar-refractivity contribution in [2.24, 2.45) is 0 Å². The smallest absolute Gasteiger partial charge is 0.306 e. The Morgan fingerprint density at radius 3 is 1.03 bits per heavy atom. The van der Waals surface area contributed by atoms with Gasteiger partial charge < -0.3 is 14.2 Å². The molecule has 0 rings (SSSR count). The van der Waals surface area contributed by atoms with Crippen molar-refractivity contribution in [2.75, 3.05) is 13.2 Å². The minimum absolute atomic E-state index is 0.0867. The highest BCUT2D eigenvalue weighted by molar-refractivity contribution is 5.71. The van der Waals surface area contributed by atoms with Crippen LogP contribution in [-0.2, 0) is 28.6 Å². The zero-order chi connectivity index (χ0) is 43.7. The second kappa shape index (κ2) is 48.8. The molecule has 0 aromatic rings. The first-order valence-corrected chi connectivity index (χ1v) is 25.3. The van der Waals surface area contributed by atoms with Crippen LogP contribution in [0.25, 0.3) is 0 Å². The number of esters is 3. The lowest BCUT2D eigenvalue weighted by Crippen LogP contribution is -2.30. The van der Waals surface area contributed by atoms with Crippen molar-refractivity contribution in [3.05, 3.63) is 60.8 Å². The summed E-state index contributed by atoms with van der Waals surface area (Å²) in [6.45, 7) is 6.55. The fourth-order valence-corrected chi connectivity index (χ4v) is 6.98. The lowest BCUT2D eigenvalue weighted by atomic mass is 10.1. The normalized spacial score (nSPS) is 12.5. The minimum Gasteiger partial charge on any atom is -0.462 e. The van der Waals surface area contributed by atoms with Crippen LogP contribution in [0.4, 0.5) is 0 Å². The van der Waals surface area contributed by atoms with E-state index in [-0.39, 0.29) is 31.1 Å². The van der Waals surface area contributed by atoms with E-state index in [4.69, 9.17) is 14.2 Å². The summed E-state index contributed by atoms with van der Waals surface area (Å²) in [5, 5.41) is 0. The first-order valence-electron chi connectivity index (χ1n) is 25.3. The van der Waals surface area contributed by atoms with Crippen molar-refractivity contribution in [3.63, 3.8) is 0 Å². The van der Waals surface area contributed by atoms with E-state index in [0.29, 0.717) is 19.3 Å². The van der Waals surface area contributed by atoms with Crippen molar-refractivity contribution in [1.29, 1.82) is 0 Å². The maximum atomic E-state index is 12.8. The summed E-state index contributed by atoms with van der Waals surface area (Å²) < 4.78 is 16.7. The van der Waals surface area contributed by atoms with Gasteiger partial charge in [-0.2, -0.15) is 0 Å². The Morgan fingerprint density at radius 2 is 0.617 bits per heavy atom. The first-order chi connectivity index (χ1) is 29.5. The van der Waals surface area contributed by atoms with Crippen LogP contribution in [0.2, 0.25) is 0 Å². The molecule has 0 saturated heterocycles. The van der Waals surface area contributed by atoms with Crippen LogP contribution in [0, 0.1) is 0 Å². The van der Waals surface area contributed by atoms with Gasteiger partial charge >= 0.3 is 17.9 Å². The third kappa shape index (κ3) is 46.2. The van der Waals surface area contributed by atoms with E-state index in [9.17, 15) is 14.4 Å². The van der Waals surface area contributed by atoms with E-state index in [1.807, 2.05) is 0 Å². The Kier molecular flexibility index (Phi) is 46.4. The molecule has 60 heavy (non-hydrogen) atoms. The molecule has 0 radical (unpaired) electrons. The molecule has 0 aliphatic rings. The highest BCUT2D eigenvalue weighted by Gasteiger charge is 2.19. The number of carbonyl (C=O) groups is 3. The summed E-state index contributed by atoms with van der Waals surface area (Å²) in [5.41, 5.74) is 0. The SMILES string of the molecule is CCCCC\C=C/C=C\C=C/C=C\CCCCCCCC(=O)OCC(COC(=O)CCCCCCCCCCCC)OC(=O)CCCCC/C=C\CCCCCCCCC. The molecule has 0 aromatic carbocycles. The number of hydrogen-bond acceptors (Lipinski definition) is 6. The quantitative estimate of drug-likeness (QED) is 0.0200. The van der Waals surface area contributed by atoms with Crippen LogP contribution in [0.1, 0.15) is 245 Å². The van der Waals surface area contributed by atoms with E-state index in [1.165, 1.54) is 109 Å². The zero-order valence-electron chi connectivity index (χ0n) is 39.5. The maximum absolute atomic E-state index is 12.8. The molecule has 0 N–H and O–H groups in total. The molecule has 0 aliphatic carbocycles. The fraction of sp³-hybridized carbons (Fsp3) is 0.759. The van der Waals surface area contributed by atoms with Crippen LogP contribution >= 0.6 is 0 Å². The van der Waals surface area contributed by atoms with Gasteiger partial charge in [0.25, 0.3) is 0 Å². The van der Waals surface area contributed by atoms with Gasteiger partial charge in [-0.25, -0.2) is 0 Å². The average Bonchev–Trinajstić information content (AvgIpc) is 3.24.